The molecule has 5 N–H and O–H groups in total. The van der Waals surface area contributed by atoms with Crippen LogP contribution in [0.15, 0.2) is 36.9 Å². The average molecular weight is 696 g/mol. The van der Waals surface area contributed by atoms with Crippen LogP contribution >= 0.6 is 0 Å². The van der Waals surface area contributed by atoms with Gasteiger partial charge in [0.25, 0.3) is 0 Å². The number of urea groups is 1. The number of nitrogen functional groups attached to an aromatic ring is 1. The molecule has 1 aromatic carbocycles. The lowest BCUT2D eigenvalue weighted by atomic mass is 9.87. The maximum absolute atomic E-state index is 12.8. The van der Waals surface area contributed by atoms with Crippen molar-refractivity contribution in [2.45, 2.75) is 110 Å². The molecule has 4 atom stereocenters. The Morgan fingerprint density at radius 2 is 1.68 bits per heavy atom. The standard InChI is InChI=1S/C35H53N9O6/c1-33(2,3)22-11-13-23(14-12-22)42-31(45)37-16-18-43(17-10-9-15-38-32(46)50-34(4,5)6)19-24-26-27(49-35(7,8)48-26)30(47-24)44-21-41-25-28(36)39-20-40-29(25)44/h11-14,20-21,24,26-27,30H,9-10,15-19H2,1-8H3,(H,38,46)(H2,36,39,40)(H2,37,42,45). The second-order valence-electron chi connectivity index (χ2n) is 15.4. The molecule has 50 heavy (non-hydrogen) atoms. The normalized spacial score (nSPS) is 21.7. The molecule has 2 aromatic heterocycles. The van der Waals surface area contributed by atoms with Crippen molar-refractivity contribution < 1.29 is 28.5 Å². The Balaban J connectivity index is 1.23. The van der Waals surface area contributed by atoms with Gasteiger partial charge in [0.05, 0.1) is 6.33 Å². The van der Waals surface area contributed by atoms with Gasteiger partial charge in [-0.3, -0.25) is 9.47 Å². The first kappa shape index (κ1) is 37.2. The zero-order valence-electron chi connectivity index (χ0n) is 30.5. The van der Waals surface area contributed by atoms with Gasteiger partial charge in [0, 0.05) is 31.9 Å². The van der Waals surface area contributed by atoms with Crippen LogP contribution in [-0.2, 0) is 24.4 Å². The van der Waals surface area contributed by atoms with Crippen molar-refractivity contribution in [1.29, 1.82) is 0 Å². The third-order valence-corrected chi connectivity index (χ3v) is 8.52. The number of nitrogens with one attached hydrogen (secondary N) is 3. The smallest absolute Gasteiger partial charge is 0.407 e. The van der Waals surface area contributed by atoms with Gasteiger partial charge in [0.2, 0.25) is 0 Å². The van der Waals surface area contributed by atoms with Crippen LogP contribution in [-0.4, -0.2) is 99.0 Å². The quantitative estimate of drug-likeness (QED) is 0.195. The lowest BCUT2D eigenvalue weighted by Crippen LogP contribution is -2.44. The Labute approximate surface area is 294 Å². The molecule has 4 heterocycles. The van der Waals surface area contributed by atoms with E-state index >= 15 is 0 Å². The predicted octanol–water partition coefficient (Wildman–Crippen LogP) is 4.55. The highest BCUT2D eigenvalue weighted by atomic mass is 16.8. The van der Waals surface area contributed by atoms with Crippen molar-refractivity contribution in [2.75, 3.05) is 43.8 Å². The number of ether oxygens (including phenoxy) is 4. The van der Waals surface area contributed by atoms with Gasteiger partial charge >= 0.3 is 12.1 Å². The van der Waals surface area contributed by atoms with Crippen molar-refractivity contribution in [3.8, 4) is 0 Å². The van der Waals surface area contributed by atoms with Crippen molar-refractivity contribution in [1.82, 2.24) is 35.1 Å². The predicted molar refractivity (Wildman–Crippen MR) is 190 cm³/mol. The van der Waals surface area contributed by atoms with Gasteiger partial charge in [-0.1, -0.05) is 32.9 Å². The van der Waals surface area contributed by atoms with Crippen LogP contribution in [0.1, 0.15) is 80.0 Å². The molecule has 3 aromatic rings. The first-order chi connectivity index (χ1) is 23.5. The van der Waals surface area contributed by atoms with Gasteiger partial charge < -0.3 is 40.6 Å². The number of aromatic nitrogens is 4. The fraction of sp³-hybridized carbons (Fsp3) is 0.629. The number of unbranched alkanes of at least 4 members (excludes halogenated alkanes) is 1. The first-order valence-corrected chi connectivity index (χ1v) is 17.3. The molecule has 4 unspecified atom stereocenters. The van der Waals surface area contributed by atoms with Crippen LogP contribution in [0, 0.1) is 0 Å². The van der Waals surface area contributed by atoms with Gasteiger partial charge in [-0.05, 0) is 77.1 Å². The van der Waals surface area contributed by atoms with Gasteiger partial charge in [0.1, 0.15) is 35.8 Å². The highest BCUT2D eigenvalue weighted by Gasteiger charge is 2.56. The largest absolute Gasteiger partial charge is 0.444 e. The minimum atomic E-state index is -0.817. The zero-order valence-corrected chi connectivity index (χ0v) is 30.5. The second kappa shape index (κ2) is 15.1. The van der Waals surface area contributed by atoms with E-state index in [9.17, 15) is 9.59 Å². The summed E-state index contributed by atoms with van der Waals surface area (Å²) in [5.41, 5.74) is 8.48. The van der Waals surface area contributed by atoms with E-state index in [2.05, 4.69) is 56.6 Å². The van der Waals surface area contributed by atoms with Crippen LogP contribution in [0.5, 0.6) is 0 Å². The Kier molecular flexibility index (Phi) is 11.2. The van der Waals surface area contributed by atoms with E-state index in [1.165, 1.54) is 11.9 Å². The van der Waals surface area contributed by atoms with Gasteiger partial charge in [-0.15, -0.1) is 0 Å². The first-order valence-electron chi connectivity index (χ1n) is 17.3. The Bertz CT molecular complexity index is 1620. The van der Waals surface area contributed by atoms with Gasteiger partial charge in [-0.25, -0.2) is 24.5 Å². The third kappa shape index (κ3) is 9.59. The van der Waals surface area contributed by atoms with Gasteiger partial charge in [0.15, 0.2) is 23.5 Å². The fourth-order valence-corrected chi connectivity index (χ4v) is 6.16. The molecule has 2 fully saturated rings. The van der Waals surface area contributed by atoms with E-state index in [0.717, 1.165) is 18.5 Å². The minimum absolute atomic E-state index is 0.0272. The maximum atomic E-state index is 12.8. The topological polar surface area (TPSA) is 180 Å². The molecule has 3 amide bonds. The molecule has 15 heteroatoms. The lowest BCUT2D eigenvalue weighted by molar-refractivity contribution is -0.198. The van der Waals surface area contributed by atoms with Crippen molar-refractivity contribution in [3.05, 3.63) is 42.5 Å². The summed E-state index contributed by atoms with van der Waals surface area (Å²) < 4.78 is 26.6. The van der Waals surface area contributed by atoms with Crippen LogP contribution in [0.3, 0.4) is 0 Å². The maximum Gasteiger partial charge on any atom is 0.407 e. The number of anilines is 2. The number of amides is 3. The molecule has 0 aliphatic carbocycles. The van der Waals surface area contributed by atoms with E-state index in [-0.39, 0.29) is 29.5 Å². The molecule has 0 radical (unpaired) electrons. The summed E-state index contributed by atoms with van der Waals surface area (Å²) in [6.07, 6.45) is 2.43. The number of nitrogens with two attached hydrogens (primary N) is 1. The number of rotatable bonds is 12. The van der Waals surface area contributed by atoms with Crippen LogP contribution in [0.4, 0.5) is 21.1 Å². The Hall–Kier alpha value is -4.05. The molecular weight excluding hydrogens is 642 g/mol. The SMILES string of the molecule is CC(C)(C)OC(=O)NCCCCN(CCNC(=O)Nc1ccc(C(C)(C)C)cc1)CC1OC(n2cnc3c(N)ncnc32)C2OC(C)(C)OC12. The number of nitrogens with zero attached hydrogens (tertiary/aromatic N) is 5. The molecule has 0 spiro atoms. The molecule has 2 saturated heterocycles. The summed E-state index contributed by atoms with van der Waals surface area (Å²) in [5.74, 6) is -0.530. The summed E-state index contributed by atoms with van der Waals surface area (Å²) in [5, 5.41) is 8.73. The third-order valence-electron chi connectivity index (χ3n) is 8.52. The summed E-state index contributed by atoms with van der Waals surface area (Å²) in [6.45, 7) is 18.4. The molecule has 2 aliphatic rings. The number of fused-ring (bicyclic) bond motifs is 2. The molecule has 0 saturated carbocycles. The van der Waals surface area contributed by atoms with E-state index in [1.54, 1.807) is 6.33 Å². The van der Waals surface area contributed by atoms with E-state index in [1.807, 2.05) is 63.5 Å². The van der Waals surface area contributed by atoms with Crippen molar-refractivity contribution in [3.63, 3.8) is 0 Å². The molecular formula is C35H53N9O6. The van der Waals surface area contributed by atoms with Crippen LogP contribution in [0.2, 0.25) is 0 Å². The molecule has 2 aliphatic heterocycles. The number of carbonyl (C=O) groups is 2. The minimum Gasteiger partial charge on any atom is -0.444 e. The van der Waals surface area contributed by atoms with E-state index in [0.29, 0.717) is 43.9 Å². The summed E-state index contributed by atoms with van der Waals surface area (Å²) in [4.78, 5) is 40.1. The molecule has 15 nitrogen and oxygen atoms in total. The van der Waals surface area contributed by atoms with Crippen LogP contribution < -0.4 is 21.7 Å². The van der Waals surface area contributed by atoms with E-state index < -0.39 is 29.8 Å². The van der Waals surface area contributed by atoms with Crippen molar-refractivity contribution in [2.24, 2.45) is 0 Å². The molecule has 0 bridgehead atoms. The number of imidazole rings is 1. The highest BCUT2D eigenvalue weighted by molar-refractivity contribution is 5.89. The monoisotopic (exact) mass is 695 g/mol. The van der Waals surface area contributed by atoms with Crippen molar-refractivity contribution >= 4 is 34.8 Å². The molecule has 274 valence electrons. The van der Waals surface area contributed by atoms with Crippen LogP contribution in [0.25, 0.3) is 11.2 Å². The fourth-order valence-electron chi connectivity index (χ4n) is 6.16. The summed E-state index contributed by atoms with van der Waals surface area (Å²) >= 11 is 0. The lowest BCUT2D eigenvalue weighted by Gasteiger charge is -2.29. The number of alkyl carbamates (subject to hydrolysis) is 1. The highest BCUT2D eigenvalue weighted by Crippen LogP contribution is 2.44. The number of carbonyl (C=O) groups excluding carboxylic acids is 2. The number of hydrogen-bond acceptors (Lipinski definition) is 11. The van der Waals surface area contributed by atoms with Gasteiger partial charge in [-0.2, -0.15) is 0 Å². The Morgan fingerprint density at radius 1 is 0.960 bits per heavy atom. The summed E-state index contributed by atoms with van der Waals surface area (Å²) in [7, 11) is 0. The van der Waals surface area contributed by atoms with E-state index in [4.69, 9.17) is 24.7 Å². The Morgan fingerprint density at radius 3 is 2.38 bits per heavy atom. The zero-order chi connectivity index (χ0) is 36.3. The number of hydrogen-bond donors (Lipinski definition) is 4. The molecule has 5 rings (SSSR count). The number of benzene rings is 1. The second-order valence-corrected chi connectivity index (χ2v) is 15.4. The average Bonchev–Trinajstić information content (AvgIpc) is 3.67. The summed E-state index contributed by atoms with van der Waals surface area (Å²) in [6, 6.07) is 7.60.